The fraction of sp³-hybridized carbons (Fsp3) is 0.286. The van der Waals surface area contributed by atoms with Crippen molar-refractivity contribution < 1.29 is 14.3 Å². The number of hydrogen-bond donors (Lipinski definition) is 1. The van der Waals surface area contributed by atoms with Crippen LogP contribution in [0.3, 0.4) is 0 Å². The number of nitrogens with one attached hydrogen (secondary N) is 1. The lowest BCUT2D eigenvalue weighted by Gasteiger charge is -2.06. The summed E-state index contributed by atoms with van der Waals surface area (Å²) >= 11 is 1.20. The first-order valence-corrected chi connectivity index (χ1v) is 9.84. The molecule has 1 aromatic heterocycles. The first-order valence-electron chi connectivity index (χ1n) is 9.07. The Morgan fingerprint density at radius 1 is 1.18 bits per heavy atom. The molecule has 0 fully saturated rings. The maximum atomic E-state index is 12.2. The molecule has 28 heavy (non-hydrogen) atoms. The second-order valence-electron chi connectivity index (χ2n) is 6.37. The van der Waals surface area contributed by atoms with Gasteiger partial charge in [0.15, 0.2) is 5.82 Å². The lowest BCUT2D eigenvalue weighted by molar-refractivity contribution is 0.0948. The maximum Gasteiger partial charge on any atom is 0.298 e. The fourth-order valence-electron chi connectivity index (χ4n) is 2.56. The highest BCUT2D eigenvalue weighted by molar-refractivity contribution is 7.07. The Morgan fingerprint density at radius 2 is 2.00 bits per heavy atom. The van der Waals surface area contributed by atoms with Crippen LogP contribution in [0, 0.1) is 6.92 Å². The number of benzene rings is 2. The monoisotopic (exact) mass is 397 g/mol. The molecule has 3 aromatic rings. The minimum absolute atomic E-state index is 0.140. The third kappa shape index (κ3) is 5.87. The number of methoxy groups -OCH3 is 1. The van der Waals surface area contributed by atoms with E-state index in [1.807, 2.05) is 0 Å². The van der Waals surface area contributed by atoms with Crippen molar-refractivity contribution in [2.45, 2.75) is 19.8 Å². The molecule has 3 rings (SSSR count). The topological polar surface area (TPSA) is 73.3 Å². The zero-order chi connectivity index (χ0) is 19.8. The van der Waals surface area contributed by atoms with Gasteiger partial charge >= 0.3 is 0 Å². The van der Waals surface area contributed by atoms with E-state index < -0.39 is 0 Å². The van der Waals surface area contributed by atoms with Gasteiger partial charge in [-0.25, -0.2) is 0 Å². The van der Waals surface area contributed by atoms with Crippen LogP contribution in [0.4, 0.5) is 0 Å². The van der Waals surface area contributed by atoms with Gasteiger partial charge in [-0.2, -0.15) is 9.36 Å². The van der Waals surface area contributed by atoms with Crippen molar-refractivity contribution in [3.05, 3.63) is 71.0 Å². The summed E-state index contributed by atoms with van der Waals surface area (Å²) in [5.74, 6) is 1.14. The van der Waals surface area contributed by atoms with Crippen LogP contribution in [-0.2, 0) is 11.2 Å². The molecule has 6 nitrogen and oxygen atoms in total. The van der Waals surface area contributed by atoms with Crippen LogP contribution in [-0.4, -0.2) is 35.5 Å². The molecule has 7 heteroatoms. The molecule has 0 atom stereocenters. The van der Waals surface area contributed by atoms with Crippen molar-refractivity contribution in [3.8, 4) is 10.9 Å². The molecule has 1 amide bonds. The van der Waals surface area contributed by atoms with Crippen LogP contribution in [0.2, 0.25) is 0 Å². The molecule has 0 saturated carbocycles. The molecule has 0 aliphatic heterocycles. The second kappa shape index (κ2) is 9.96. The highest BCUT2D eigenvalue weighted by atomic mass is 32.1. The first-order chi connectivity index (χ1) is 13.6. The maximum absolute atomic E-state index is 12.2. The SMILES string of the molecule is COCCCNC(=O)c1cccc(Oc2nc(Cc3ccc(C)cc3)ns2)c1. The van der Waals surface area contributed by atoms with Gasteiger partial charge in [0.2, 0.25) is 0 Å². The number of carbonyl (C=O) groups is 1. The Morgan fingerprint density at radius 3 is 2.79 bits per heavy atom. The summed E-state index contributed by atoms with van der Waals surface area (Å²) < 4.78 is 15.1. The number of amides is 1. The molecule has 146 valence electrons. The smallest absolute Gasteiger partial charge is 0.298 e. The molecule has 1 N–H and O–H groups in total. The molecule has 0 bridgehead atoms. The minimum Gasteiger partial charge on any atom is -0.430 e. The fourth-order valence-corrected chi connectivity index (χ4v) is 3.13. The standard InChI is InChI=1S/C21H23N3O3S/c1-15-7-9-16(10-8-15)13-19-23-21(28-24-19)27-18-6-3-5-17(14-18)20(25)22-11-4-12-26-2/h3,5-10,14H,4,11-13H2,1-2H3,(H,22,25). The van der Waals surface area contributed by atoms with Gasteiger partial charge in [0.25, 0.3) is 11.1 Å². The van der Waals surface area contributed by atoms with Crippen molar-refractivity contribution in [3.63, 3.8) is 0 Å². The Balaban J connectivity index is 1.59. The van der Waals surface area contributed by atoms with E-state index in [0.29, 0.717) is 36.1 Å². The highest BCUT2D eigenvalue weighted by Gasteiger charge is 2.10. The molecule has 0 aliphatic rings. The van der Waals surface area contributed by atoms with Crippen molar-refractivity contribution in [2.75, 3.05) is 20.3 Å². The number of ether oxygens (including phenoxy) is 2. The molecule has 0 unspecified atom stereocenters. The number of aryl methyl sites for hydroxylation is 1. The number of hydrogen-bond acceptors (Lipinski definition) is 6. The summed E-state index contributed by atoms with van der Waals surface area (Å²) in [7, 11) is 1.64. The molecule has 0 radical (unpaired) electrons. The number of aromatic nitrogens is 2. The van der Waals surface area contributed by atoms with E-state index in [9.17, 15) is 4.79 Å². The van der Waals surface area contributed by atoms with E-state index in [-0.39, 0.29) is 5.91 Å². The van der Waals surface area contributed by atoms with Gasteiger partial charge in [-0.1, -0.05) is 35.9 Å². The molecule has 0 spiro atoms. The quantitative estimate of drug-likeness (QED) is 0.553. The number of carbonyl (C=O) groups excluding carboxylic acids is 1. The first kappa shape index (κ1) is 20.0. The van der Waals surface area contributed by atoms with Crippen molar-refractivity contribution in [1.82, 2.24) is 14.7 Å². The summed E-state index contributed by atoms with van der Waals surface area (Å²) in [6, 6.07) is 15.3. The molecule has 1 heterocycles. The second-order valence-corrected chi connectivity index (χ2v) is 7.09. The van der Waals surface area contributed by atoms with Gasteiger partial charge in [-0.3, -0.25) is 4.79 Å². The zero-order valence-electron chi connectivity index (χ0n) is 16.0. The average Bonchev–Trinajstić information content (AvgIpc) is 3.14. The minimum atomic E-state index is -0.140. The summed E-state index contributed by atoms with van der Waals surface area (Å²) in [4.78, 5) is 16.6. The van der Waals surface area contributed by atoms with E-state index >= 15 is 0 Å². The number of rotatable bonds is 9. The largest absolute Gasteiger partial charge is 0.430 e. The van der Waals surface area contributed by atoms with Crippen molar-refractivity contribution in [1.29, 1.82) is 0 Å². The van der Waals surface area contributed by atoms with E-state index in [0.717, 1.165) is 17.8 Å². The van der Waals surface area contributed by atoms with Crippen LogP contribution < -0.4 is 10.1 Å². The Kier molecular flexibility index (Phi) is 7.11. The lowest BCUT2D eigenvalue weighted by Crippen LogP contribution is -2.25. The van der Waals surface area contributed by atoms with E-state index in [4.69, 9.17) is 9.47 Å². The summed E-state index contributed by atoms with van der Waals surface area (Å²) in [6.45, 7) is 3.24. The van der Waals surface area contributed by atoms with Gasteiger partial charge in [-0.15, -0.1) is 0 Å². The van der Waals surface area contributed by atoms with E-state index in [2.05, 4.69) is 45.9 Å². The van der Waals surface area contributed by atoms with Crippen LogP contribution in [0.15, 0.2) is 48.5 Å². The Hall–Kier alpha value is -2.77. The van der Waals surface area contributed by atoms with Gasteiger partial charge in [-0.05, 0) is 37.1 Å². The third-order valence-electron chi connectivity index (χ3n) is 4.04. The summed E-state index contributed by atoms with van der Waals surface area (Å²) in [5.41, 5.74) is 2.92. The summed E-state index contributed by atoms with van der Waals surface area (Å²) in [5, 5.41) is 3.32. The van der Waals surface area contributed by atoms with Gasteiger partial charge in [0.05, 0.1) is 0 Å². The van der Waals surface area contributed by atoms with E-state index in [1.54, 1.807) is 31.4 Å². The van der Waals surface area contributed by atoms with Crippen LogP contribution in [0.5, 0.6) is 10.9 Å². The van der Waals surface area contributed by atoms with Gasteiger partial charge < -0.3 is 14.8 Å². The summed E-state index contributed by atoms with van der Waals surface area (Å²) in [6.07, 6.45) is 1.43. The predicted octanol–water partition coefficient (Wildman–Crippen LogP) is 4.00. The Bertz CT molecular complexity index is 909. The van der Waals surface area contributed by atoms with E-state index in [1.165, 1.54) is 17.1 Å². The number of nitrogens with zero attached hydrogens (tertiary/aromatic N) is 2. The molecule has 0 saturated heterocycles. The van der Waals surface area contributed by atoms with Crippen molar-refractivity contribution in [2.24, 2.45) is 0 Å². The molecule has 0 aliphatic carbocycles. The molecular formula is C21H23N3O3S. The molecule has 2 aromatic carbocycles. The lowest BCUT2D eigenvalue weighted by atomic mass is 10.1. The Labute approximate surface area is 168 Å². The van der Waals surface area contributed by atoms with Gasteiger partial charge in [0, 0.05) is 43.8 Å². The van der Waals surface area contributed by atoms with Crippen LogP contribution in [0.25, 0.3) is 0 Å². The third-order valence-corrected chi connectivity index (χ3v) is 4.68. The zero-order valence-corrected chi connectivity index (χ0v) is 16.8. The normalized spacial score (nSPS) is 10.6. The highest BCUT2D eigenvalue weighted by Crippen LogP contribution is 2.24. The average molecular weight is 398 g/mol. The predicted molar refractivity (Wildman–Crippen MR) is 109 cm³/mol. The van der Waals surface area contributed by atoms with Crippen LogP contribution >= 0.6 is 11.5 Å². The molecular weight excluding hydrogens is 374 g/mol. The van der Waals surface area contributed by atoms with Gasteiger partial charge in [0.1, 0.15) is 5.75 Å². The van der Waals surface area contributed by atoms with Crippen LogP contribution in [0.1, 0.15) is 33.7 Å². The van der Waals surface area contributed by atoms with Crippen molar-refractivity contribution >= 4 is 17.4 Å².